The minimum absolute atomic E-state index is 0.000695. The van der Waals surface area contributed by atoms with E-state index in [0.717, 1.165) is 11.1 Å². The van der Waals surface area contributed by atoms with Gasteiger partial charge in [0.1, 0.15) is 11.0 Å². The topological polar surface area (TPSA) is 168 Å². The van der Waals surface area contributed by atoms with Crippen LogP contribution in [0.1, 0.15) is 0 Å². The molecule has 0 radical (unpaired) electrons. The Balaban J connectivity index is 0.000000167. The number of halogens is 4. The van der Waals surface area contributed by atoms with Crippen molar-refractivity contribution in [3.8, 4) is 22.3 Å². The van der Waals surface area contributed by atoms with Crippen molar-refractivity contribution < 1.29 is 18.6 Å². The normalized spacial score (nSPS) is 10.9. The first kappa shape index (κ1) is 35.5. The maximum atomic E-state index is 14.7. The molecule has 8 rings (SSSR count). The molecule has 0 fully saturated rings. The predicted octanol–water partition coefficient (Wildman–Crippen LogP) is 11.3. The lowest BCUT2D eigenvalue weighted by molar-refractivity contribution is -0.385. The summed E-state index contributed by atoms with van der Waals surface area (Å²) in [6.07, 6.45) is 0. The van der Waals surface area contributed by atoms with E-state index in [4.69, 9.17) is 23.2 Å². The SMILES string of the molecule is O=[N+]([O-])c1ccc(Nc2n[nH]c3c(F)c(Cl)c(-c4ccccc4)cc23)cc1.O=[N+]([O-])c1cccc(Nc2n[nH]c3c(F)c(Cl)c(-c4ccccc4)cc23)c1. The maximum absolute atomic E-state index is 14.7. The largest absolute Gasteiger partial charge is 0.338 e. The van der Waals surface area contributed by atoms with E-state index >= 15 is 0 Å². The van der Waals surface area contributed by atoms with E-state index < -0.39 is 21.5 Å². The highest BCUT2D eigenvalue weighted by atomic mass is 35.5. The molecule has 0 amide bonds. The zero-order valence-electron chi connectivity index (χ0n) is 27.5. The number of hydrogen-bond donors (Lipinski definition) is 4. The smallest absolute Gasteiger partial charge is 0.271 e. The average Bonchev–Trinajstić information content (AvgIpc) is 3.79. The number of non-ortho nitro benzene ring substituents is 2. The number of nitro benzene ring substituents is 2. The minimum atomic E-state index is -0.604. The fourth-order valence-corrected chi connectivity index (χ4v) is 6.19. The van der Waals surface area contributed by atoms with Crippen LogP contribution in [-0.2, 0) is 0 Å². The Kier molecular flexibility index (Phi) is 9.85. The van der Waals surface area contributed by atoms with Gasteiger partial charge >= 0.3 is 0 Å². The third-order valence-electron chi connectivity index (χ3n) is 8.31. The van der Waals surface area contributed by atoms with Crippen molar-refractivity contribution >= 4 is 79.4 Å². The zero-order valence-corrected chi connectivity index (χ0v) is 29.0. The van der Waals surface area contributed by atoms with Crippen molar-refractivity contribution in [2.24, 2.45) is 0 Å². The quantitative estimate of drug-likeness (QED) is 0.0875. The number of hydrogen-bond acceptors (Lipinski definition) is 8. The van der Waals surface area contributed by atoms with Gasteiger partial charge in [0.25, 0.3) is 11.4 Å². The monoisotopic (exact) mass is 764 g/mol. The van der Waals surface area contributed by atoms with Crippen molar-refractivity contribution in [1.29, 1.82) is 0 Å². The molecule has 0 saturated heterocycles. The lowest BCUT2D eigenvalue weighted by atomic mass is 10.0. The molecule has 0 saturated carbocycles. The molecule has 0 atom stereocenters. The highest BCUT2D eigenvalue weighted by Gasteiger charge is 2.20. The Hall–Kier alpha value is -6.90. The molecular formula is C38H24Cl2F2N8O4. The lowest BCUT2D eigenvalue weighted by Crippen LogP contribution is -1.94. The van der Waals surface area contributed by atoms with Crippen LogP contribution in [0.2, 0.25) is 10.0 Å². The van der Waals surface area contributed by atoms with Gasteiger partial charge < -0.3 is 10.6 Å². The van der Waals surface area contributed by atoms with Gasteiger partial charge in [0.2, 0.25) is 0 Å². The molecule has 0 aliphatic carbocycles. The van der Waals surface area contributed by atoms with Gasteiger partial charge in [0.15, 0.2) is 23.3 Å². The summed E-state index contributed by atoms with van der Waals surface area (Å²) >= 11 is 12.4. The molecule has 54 heavy (non-hydrogen) atoms. The molecule has 6 aromatic carbocycles. The molecule has 16 heteroatoms. The van der Waals surface area contributed by atoms with Crippen LogP contribution >= 0.6 is 23.2 Å². The number of benzene rings is 6. The first-order chi connectivity index (χ1) is 26.1. The number of anilines is 4. The summed E-state index contributed by atoms with van der Waals surface area (Å²) in [6, 6.07) is 33.8. The number of nitrogens with one attached hydrogen (secondary N) is 4. The third kappa shape index (κ3) is 7.11. The van der Waals surface area contributed by atoms with Gasteiger partial charge in [-0.2, -0.15) is 10.2 Å². The first-order valence-corrected chi connectivity index (χ1v) is 16.7. The number of nitrogens with zero attached hydrogens (tertiary/aromatic N) is 4. The second-order valence-corrected chi connectivity index (χ2v) is 12.4. The molecule has 268 valence electrons. The Labute approximate surface area is 313 Å². The molecule has 0 aliphatic heterocycles. The summed E-state index contributed by atoms with van der Waals surface area (Å²) in [7, 11) is 0. The van der Waals surface area contributed by atoms with Crippen molar-refractivity contribution in [2.45, 2.75) is 0 Å². The van der Waals surface area contributed by atoms with Gasteiger partial charge in [-0.05, 0) is 41.5 Å². The number of rotatable bonds is 8. The van der Waals surface area contributed by atoms with E-state index in [9.17, 15) is 29.0 Å². The van der Waals surface area contributed by atoms with Crippen LogP contribution in [0.25, 0.3) is 44.1 Å². The van der Waals surface area contributed by atoms with E-state index in [0.29, 0.717) is 44.9 Å². The molecule has 2 aromatic heterocycles. The summed E-state index contributed by atoms with van der Waals surface area (Å²) in [4.78, 5) is 20.7. The Morgan fingerprint density at radius 2 is 1.02 bits per heavy atom. The van der Waals surface area contributed by atoms with Crippen LogP contribution in [0.4, 0.5) is 43.2 Å². The standard InChI is InChI=1S/2C19H12ClFN4O2/c20-16-14(11-5-2-1-3-6-11)10-15-18(17(16)21)23-24-19(15)22-12-7-4-8-13(9-12)25(26)27;20-16-14(11-4-2-1-3-5-11)10-15-18(17(16)21)23-24-19(15)22-12-6-8-13(9-7-12)25(26)27/h2*1-10H,(H2,22,23,24). The molecule has 0 bridgehead atoms. The maximum Gasteiger partial charge on any atom is 0.271 e. The van der Waals surface area contributed by atoms with Crippen molar-refractivity contribution in [2.75, 3.05) is 10.6 Å². The number of aromatic amines is 2. The molecule has 4 N–H and O–H groups in total. The minimum Gasteiger partial charge on any atom is -0.338 e. The summed E-state index contributed by atoms with van der Waals surface area (Å²) in [5.41, 5.74) is 3.96. The zero-order chi connectivity index (χ0) is 37.9. The lowest BCUT2D eigenvalue weighted by Gasteiger charge is -2.08. The van der Waals surface area contributed by atoms with Crippen LogP contribution < -0.4 is 10.6 Å². The Morgan fingerprint density at radius 1 is 0.556 bits per heavy atom. The summed E-state index contributed by atoms with van der Waals surface area (Å²) < 4.78 is 29.5. The van der Waals surface area contributed by atoms with Gasteiger partial charge in [-0.1, -0.05) is 89.9 Å². The van der Waals surface area contributed by atoms with Gasteiger partial charge in [-0.15, -0.1) is 0 Å². The molecule has 0 aliphatic rings. The van der Waals surface area contributed by atoms with Gasteiger partial charge in [0.05, 0.1) is 19.9 Å². The number of fused-ring (bicyclic) bond motifs is 2. The average molecular weight is 766 g/mol. The van der Waals surface area contributed by atoms with Crippen molar-refractivity contribution in [3.63, 3.8) is 0 Å². The van der Waals surface area contributed by atoms with Crippen LogP contribution in [-0.4, -0.2) is 30.2 Å². The number of nitro groups is 2. The predicted molar refractivity (Wildman–Crippen MR) is 206 cm³/mol. The van der Waals surface area contributed by atoms with Gasteiger partial charge in [0, 0.05) is 57.5 Å². The second kappa shape index (κ2) is 15.0. The van der Waals surface area contributed by atoms with Crippen molar-refractivity contribution in [3.05, 3.63) is 163 Å². The number of aromatic nitrogens is 4. The number of H-pyrrole nitrogens is 2. The fourth-order valence-electron chi connectivity index (χ4n) is 5.67. The second-order valence-electron chi connectivity index (χ2n) is 11.7. The van der Waals surface area contributed by atoms with Crippen molar-refractivity contribution in [1.82, 2.24) is 20.4 Å². The van der Waals surface area contributed by atoms with Crippen LogP contribution in [0.15, 0.2) is 121 Å². The van der Waals surface area contributed by atoms with E-state index in [1.807, 2.05) is 60.7 Å². The van der Waals surface area contributed by atoms with Crippen LogP contribution in [0.5, 0.6) is 0 Å². The summed E-state index contributed by atoms with van der Waals surface area (Å²) in [6.45, 7) is 0. The molecular weight excluding hydrogens is 741 g/mol. The molecule has 0 unspecified atom stereocenters. The van der Waals surface area contributed by atoms with E-state index in [1.165, 1.54) is 24.3 Å². The first-order valence-electron chi connectivity index (χ1n) is 15.9. The summed E-state index contributed by atoms with van der Waals surface area (Å²) in [5, 5.41) is 42.2. The highest BCUT2D eigenvalue weighted by Crippen LogP contribution is 2.39. The Morgan fingerprint density at radius 3 is 1.48 bits per heavy atom. The van der Waals surface area contributed by atoms with E-state index in [-0.39, 0.29) is 32.5 Å². The van der Waals surface area contributed by atoms with Crippen LogP contribution in [0.3, 0.4) is 0 Å². The van der Waals surface area contributed by atoms with Crippen LogP contribution in [0, 0.1) is 31.9 Å². The van der Waals surface area contributed by atoms with E-state index in [1.54, 1.807) is 36.4 Å². The van der Waals surface area contributed by atoms with Gasteiger partial charge in [-0.25, -0.2) is 8.78 Å². The Bertz CT molecular complexity index is 2680. The van der Waals surface area contributed by atoms with Gasteiger partial charge in [-0.3, -0.25) is 30.4 Å². The third-order valence-corrected chi connectivity index (χ3v) is 9.05. The fraction of sp³-hybridized carbons (Fsp3) is 0. The van der Waals surface area contributed by atoms with E-state index in [2.05, 4.69) is 31.0 Å². The summed E-state index contributed by atoms with van der Waals surface area (Å²) in [5.74, 6) is -0.449. The molecule has 2 heterocycles. The molecule has 12 nitrogen and oxygen atoms in total. The highest BCUT2D eigenvalue weighted by molar-refractivity contribution is 6.35. The molecule has 8 aromatic rings. The molecule has 0 spiro atoms.